The quantitative estimate of drug-likeness (QED) is 0.571. The molecule has 0 aromatic heterocycles. The molecule has 0 aliphatic carbocycles. The number of rotatable bonds is 10. The van der Waals surface area contributed by atoms with Gasteiger partial charge in [-0.2, -0.15) is 0 Å². The third kappa shape index (κ3) is 15.0. The fourth-order valence-corrected chi connectivity index (χ4v) is 7.03. The fourth-order valence-electron chi connectivity index (χ4n) is 1.41. The topological polar surface area (TPSA) is 27.7 Å². The largest absolute Gasteiger partial charge is 0.419 e. The van der Waals surface area contributed by atoms with E-state index in [1.807, 2.05) is 0 Å². The van der Waals surface area contributed by atoms with E-state index in [-0.39, 0.29) is 0 Å². The molecule has 0 heterocycles. The summed E-state index contributed by atoms with van der Waals surface area (Å²) in [6.45, 7) is 20.2. The maximum Gasteiger partial charge on any atom is 0.309 e. The molecule has 0 spiro atoms. The Morgan fingerprint density at radius 3 is 1.26 bits per heavy atom. The molecule has 0 N–H and O–H groups in total. The summed E-state index contributed by atoms with van der Waals surface area (Å²) in [6, 6.07) is 2.44. The van der Waals surface area contributed by atoms with Gasteiger partial charge in [-0.1, -0.05) is 39.3 Å². The predicted molar refractivity (Wildman–Crippen MR) is 95.3 cm³/mol. The summed E-state index contributed by atoms with van der Waals surface area (Å²) in [5, 5.41) is 0. The molecule has 0 radical (unpaired) electrons. The highest BCUT2D eigenvalue weighted by molar-refractivity contribution is 6.76. The summed E-state index contributed by atoms with van der Waals surface area (Å²) in [6.07, 6.45) is 0. The van der Waals surface area contributed by atoms with Crippen LogP contribution in [-0.4, -0.2) is 47.9 Å². The van der Waals surface area contributed by atoms with Crippen LogP contribution in [0.2, 0.25) is 64.5 Å². The molecule has 19 heavy (non-hydrogen) atoms. The Morgan fingerprint density at radius 2 is 1.00 bits per heavy atom. The van der Waals surface area contributed by atoms with Gasteiger partial charge in [-0.25, -0.2) is 0 Å². The molecule has 2 atom stereocenters. The predicted octanol–water partition coefficient (Wildman–Crippen LogP) is 3.41. The van der Waals surface area contributed by atoms with Crippen molar-refractivity contribution in [3.63, 3.8) is 0 Å². The molecular weight excluding hydrogens is 304 g/mol. The summed E-state index contributed by atoms with van der Waals surface area (Å²) in [4.78, 5) is 0. The smallest absolute Gasteiger partial charge is 0.309 e. The standard InChI is InChI=1S/C12H34O3Si4/c1-16(13-9-11-18(3,4)5)15-17(2)14-10-12-19(6,7)8/h16-17H,9-12H2,1-8H3. The molecule has 2 unspecified atom stereocenters. The van der Waals surface area contributed by atoms with E-state index < -0.39 is 34.7 Å². The van der Waals surface area contributed by atoms with Gasteiger partial charge in [-0.3, -0.25) is 0 Å². The minimum atomic E-state index is -1.46. The van der Waals surface area contributed by atoms with E-state index in [4.69, 9.17) is 13.0 Å². The lowest BCUT2D eigenvalue weighted by Crippen LogP contribution is -2.33. The van der Waals surface area contributed by atoms with Crippen molar-refractivity contribution >= 4 is 34.7 Å². The van der Waals surface area contributed by atoms with Gasteiger partial charge in [0.1, 0.15) is 0 Å². The van der Waals surface area contributed by atoms with Gasteiger partial charge in [-0.15, -0.1) is 0 Å². The third-order valence-electron chi connectivity index (χ3n) is 2.79. The Balaban J connectivity index is 3.66. The van der Waals surface area contributed by atoms with Crippen LogP contribution in [0.3, 0.4) is 0 Å². The van der Waals surface area contributed by atoms with Crippen LogP contribution in [0.1, 0.15) is 0 Å². The van der Waals surface area contributed by atoms with Crippen molar-refractivity contribution in [3.05, 3.63) is 0 Å². The summed E-state index contributed by atoms with van der Waals surface area (Å²) in [5.41, 5.74) is 0. The average molecular weight is 339 g/mol. The molecule has 0 aromatic rings. The molecule has 0 amide bonds. The van der Waals surface area contributed by atoms with Crippen LogP contribution in [-0.2, 0) is 13.0 Å². The zero-order valence-corrected chi connectivity index (χ0v) is 18.5. The molecule has 0 aliphatic heterocycles. The van der Waals surface area contributed by atoms with Crippen molar-refractivity contribution < 1.29 is 13.0 Å². The molecule has 3 nitrogen and oxygen atoms in total. The van der Waals surface area contributed by atoms with Crippen LogP contribution in [0, 0.1) is 0 Å². The Bertz CT molecular complexity index is 214. The summed E-state index contributed by atoms with van der Waals surface area (Å²) >= 11 is 0. The second-order valence-electron chi connectivity index (χ2n) is 7.63. The van der Waals surface area contributed by atoms with Crippen molar-refractivity contribution in [2.75, 3.05) is 13.2 Å². The first kappa shape index (κ1) is 19.7. The first-order chi connectivity index (χ1) is 8.49. The van der Waals surface area contributed by atoms with Gasteiger partial charge in [0.25, 0.3) is 0 Å². The van der Waals surface area contributed by atoms with E-state index in [1.54, 1.807) is 0 Å². The van der Waals surface area contributed by atoms with Gasteiger partial charge >= 0.3 is 18.6 Å². The van der Waals surface area contributed by atoms with E-state index in [1.165, 1.54) is 12.1 Å². The number of hydrogen-bond donors (Lipinski definition) is 0. The Labute approximate surface area is 125 Å². The molecular formula is C12H34O3Si4. The second kappa shape index (κ2) is 8.91. The average Bonchev–Trinajstić information content (AvgIpc) is 2.12. The molecule has 0 fully saturated rings. The summed E-state index contributed by atoms with van der Waals surface area (Å²) in [5.74, 6) is 0. The van der Waals surface area contributed by atoms with E-state index in [9.17, 15) is 0 Å². The molecule has 0 aliphatic rings. The number of hydrogen-bond acceptors (Lipinski definition) is 3. The SMILES string of the molecule is C[SiH](OCC[Si](C)(C)C)O[SiH](C)OCC[Si](C)(C)C. The van der Waals surface area contributed by atoms with E-state index >= 15 is 0 Å². The second-order valence-corrected chi connectivity index (χ2v) is 22.9. The maximum atomic E-state index is 5.94. The van der Waals surface area contributed by atoms with E-state index in [0.29, 0.717) is 0 Å². The van der Waals surface area contributed by atoms with Crippen molar-refractivity contribution in [3.8, 4) is 0 Å². The van der Waals surface area contributed by atoms with Gasteiger partial charge in [0.2, 0.25) is 0 Å². The fraction of sp³-hybridized carbons (Fsp3) is 1.00. The van der Waals surface area contributed by atoms with Crippen molar-refractivity contribution in [2.45, 2.75) is 64.5 Å². The van der Waals surface area contributed by atoms with Crippen molar-refractivity contribution in [1.82, 2.24) is 0 Å². The van der Waals surface area contributed by atoms with Crippen molar-refractivity contribution in [2.24, 2.45) is 0 Å². The van der Waals surface area contributed by atoms with Crippen LogP contribution in [0.4, 0.5) is 0 Å². The molecule has 0 aromatic carbocycles. The van der Waals surface area contributed by atoms with E-state index in [0.717, 1.165) is 13.2 Å². The van der Waals surface area contributed by atoms with Gasteiger partial charge in [0.05, 0.1) is 0 Å². The minimum Gasteiger partial charge on any atom is -0.419 e. The molecule has 0 rings (SSSR count). The van der Waals surface area contributed by atoms with Gasteiger partial charge in [0.15, 0.2) is 0 Å². The lowest BCUT2D eigenvalue weighted by molar-refractivity contribution is 0.239. The van der Waals surface area contributed by atoms with Crippen LogP contribution in [0.25, 0.3) is 0 Å². The minimum absolute atomic E-state index is 0.874. The van der Waals surface area contributed by atoms with E-state index in [2.05, 4.69) is 52.4 Å². The highest BCUT2D eigenvalue weighted by Gasteiger charge is 2.18. The highest BCUT2D eigenvalue weighted by Crippen LogP contribution is 2.10. The normalized spacial score (nSPS) is 16.4. The first-order valence-corrected chi connectivity index (χ1v) is 19.0. The third-order valence-corrected chi connectivity index (χ3v) is 10.7. The zero-order chi connectivity index (χ0) is 15.1. The molecule has 116 valence electrons. The maximum absolute atomic E-state index is 5.94. The van der Waals surface area contributed by atoms with Gasteiger partial charge < -0.3 is 13.0 Å². The lowest BCUT2D eigenvalue weighted by Gasteiger charge is -2.22. The van der Waals surface area contributed by atoms with Crippen LogP contribution in [0.5, 0.6) is 0 Å². The van der Waals surface area contributed by atoms with Crippen LogP contribution < -0.4 is 0 Å². The molecule has 7 heteroatoms. The van der Waals surface area contributed by atoms with Gasteiger partial charge in [-0.05, 0) is 25.2 Å². The molecule has 0 saturated heterocycles. The van der Waals surface area contributed by atoms with Crippen LogP contribution in [0.15, 0.2) is 0 Å². The highest BCUT2D eigenvalue weighted by atomic mass is 28.4. The Hall–Kier alpha value is 0.748. The molecule has 0 bridgehead atoms. The van der Waals surface area contributed by atoms with Crippen LogP contribution >= 0.6 is 0 Å². The first-order valence-electron chi connectivity index (χ1n) is 7.38. The monoisotopic (exact) mass is 338 g/mol. The van der Waals surface area contributed by atoms with Crippen molar-refractivity contribution in [1.29, 1.82) is 0 Å². The Morgan fingerprint density at radius 1 is 0.684 bits per heavy atom. The summed E-state index contributed by atoms with van der Waals surface area (Å²) in [7, 11) is -4.89. The lowest BCUT2D eigenvalue weighted by atomic mass is 10.9. The Kier molecular flexibility index (Phi) is 9.26. The summed E-state index contributed by atoms with van der Waals surface area (Å²) < 4.78 is 17.6. The zero-order valence-electron chi connectivity index (χ0n) is 14.2. The molecule has 0 saturated carbocycles. The van der Waals surface area contributed by atoms with Gasteiger partial charge in [0, 0.05) is 29.4 Å².